The molecule has 3 aliphatic rings. The number of piperidine rings is 1. The molecule has 2 aromatic heterocycles. The molecule has 0 amide bonds. The lowest BCUT2D eigenvalue weighted by atomic mass is 9.87. The van der Waals surface area contributed by atoms with Crippen LogP contribution in [0.1, 0.15) is 62.6 Å². The van der Waals surface area contributed by atoms with Gasteiger partial charge in [0.05, 0.1) is 18.4 Å². The highest BCUT2D eigenvalue weighted by Gasteiger charge is 2.32. The van der Waals surface area contributed by atoms with Crippen molar-refractivity contribution in [2.45, 2.75) is 57.4 Å². The normalized spacial score (nSPS) is 18.0. The van der Waals surface area contributed by atoms with E-state index in [4.69, 9.17) is 9.72 Å². The van der Waals surface area contributed by atoms with Gasteiger partial charge in [-0.05, 0) is 96.4 Å². The van der Waals surface area contributed by atoms with Gasteiger partial charge in [0, 0.05) is 36.3 Å². The van der Waals surface area contributed by atoms with Crippen molar-refractivity contribution in [2.24, 2.45) is 0 Å². The first-order valence-corrected chi connectivity index (χ1v) is 15.2. The van der Waals surface area contributed by atoms with Gasteiger partial charge in [-0.15, -0.1) is 0 Å². The first kappa shape index (κ1) is 28.7. The standard InChI is InChI=1S/C32H41F2N7O/c1-20(2)41-15-16-42-31-25(33)17-23(18-27(31)41)30-26(34)19-35-32(38-30)37-28-8-7-24(29(36-28)22-5-6-22)21-9-11-40(12-10-21)14-13-39(3)4/h7-8,17-22H,5-6,9-16H2,1-4H3,(H,35,36,37,38). The Kier molecular flexibility index (Phi) is 8.27. The van der Waals surface area contributed by atoms with Crippen LogP contribution >= 0.6 is 0 Å². The Balaban J connectivity index is 1.22. The molecule has 1 aromatic carbocycles. The number of nitrogens with zero attached hydrogens (tertiary/aromatic N) is 6. The van der Waals surface area contributed by atoms with E-state index in [2.05, 4.69) is 50.1 Å². The van der Waals surface area contributed by atoms with E-state index in [9.17, 15) is 0 Å². The summed E-state index contributed by atoms with van der Waals surface area (Å²) in [5.74, 6) is 0.905. The number of pyridine rings is 1. The van der Waals surface area contributed by atoms with Gasteiger partial charge in [0.25, 0.3) is 0 Å². The molecule has 224 valence electrons. The SMILES string of the molecule is CC(C)N1CCOc2c(F)cc(-c3nc(Nc4ccc(C5CCN(CCN(C)C)CC5)c(C5CC5)n4)ncc3F)cc21. The zero-order chi connectivity index (χ0) is 29.4. The van der Waals surface area contributed by atoms with E-state index < -0.39 is 11.6 Å². The average Bonchev–Trinajstić information content (AvgIpc) is 3.83. The Morgan fingerprint density at radius 3 is 2.50 bits per heavy atom. The van der Waals surface area contributed by atoms with Crippen molar-refractivity contribution in [1.29, 1.82) is 0 Å². The molecule has 1 N–H and O–H groups in total. The van der Waals surface area contributed by atoms with Gasteiger partial charge < -0.3 is 24.8 Å². The summed E-state index contributed by atoms with van der Waals surface area (Å²) in [4.78, 5) is 20.5. The van der Waals surface area contributed by atoms with Gasteiger partial charge in [0.1, 0.15) is 18.1 Å². The number of ether oxygens (including phenoxy) is 1. The van der Waals surface area contributed by atoms with E-state index in [1.807, 2.05) is 19.9 Å². The fourth-order valence-corrected chi connectivity index (χ4v) is 6.11. The maximum absolute atomic E-state index is 15.1. The molecular weight excluding hydrogens is 536 g/mol. The van der Waals surface area contributed by atoms with Crippen molar-refractivity contribution in [3.63, 3.8) is 0 Å². The molecule has 1 saturated heterocycles. The number of hydrogen-bond acceptors (Lipinski definition) is 8. The zero-order valence-electron chi connectivity index (χ0n) is 25.0. The largest absolute Gasteiger partial charge is 0.486 e. The number of benzene rings is 1. The highest BCUT2D eigenvalue weighted by molar-refractivity contribution is 5.73. The second kappa shape index (κ2) is 12.1. The summed E-state index contributed by atoms with van der Waals surface area (Å²) >= 11 is 0. The number of rotatable bonds is 9. The first-order chi connectivity index (χ1) is 20.3. The van der Waals surface area contributed by atoms with E-state index in [0.717, 1.165) is 58.1 Å². The lowest BCUT2D eigenvalue weighted by molar-refractivity contribution is 0.193. The first-order valence-electron chi connectivity index (χ1n) is 15.2. The summed E-state index contributed by atoms with van der Waals surface area (Å²) in [5, 5.41) is 3.19. The third kappa shape index (κ3) is 6.20. The zero-order valence-corrected chi connectivity index (χ0v) is 25.0. The molecule has 1 aliphatic carbocycles. The number of hydrogen-bond donors (Lipinski definition) is 1. The Bertz CT molecular complexity index is 1420. The molecular formula is C32H41F2N7O. The van der Waals surface area contributed by atoms with Crippen LogP contribution in [-0.2, 0) is 0 Å². The Labute approximate surface area is 247 Å². The minimum absolute atomic E-state index is 0.0311. The van der Waals surface area contributed by atoms with Crippen LogP contribution in [0.2, 0.25) is 0 Å². The Morgan fingerprint density at radius 2 is 1.79 bits per heavy atom. The van der Waals surface area contributed by atoms with Crippen molar-refractivity contribution >= 4 is 17.5 Å². The molecule has 3 aromatic rings. The van der Waals surface area contributed by atoms with Gasteiger partial charge in [0.15, 0.2) is 17.4 Å². The van der Waals surface area contributed by atoms with E-state index in [0.29, 0.717) is 42.1 Å². The number of halogens is 2. The van der Waals surface area contributed by atoms with Crippen LogP contribution < -0.4 is 15.0 Å². The third-order valence-corrected chi connectivity index (χ3v) is 8.61. The molecule has 0 radical (unpaired) electrons. The van der Waals surface area contributed by atoms with Gasteiger partial charge in [-0.3, -0.25) is 0 Å². The Hall–Kier alpha value is -3.37. The maximum atomic E-state index is 15.1. The van der Waals surface area contributed by atoms with Crippen LogP contribution in [0.5, 0.6) is 5.75 Å². The summed E-state index contributed by atoms with van der Waals surface area (Å²) in [6.07, 6.45) is 5.72. The lowest BCUT2D eigenvalue weighted by Crippen LogP contribution is -2.38. The van der Waals surface area contributed by atoms with Gasteiger partial charge in [0.2, 0.25) is 5.95 Å². The van der Waals surface area contributed by atoms with E-state index in [1.165, 1.54) is 17.3 Å². The van der Waals surface area contributed by atoms with Crippen molar-refractivity contribution in [3.05, 3.63) is 53.4 Å². The molecule has 0 spiro atoms. The highest BCUT2D eigenvalue weighted by atomic mass is 19.1. The maximum Gasteiger partial charge on any atom is 0.229 e. The number of anilines is 3. The van der Waals surface area contributed by atoms with Crippen LogP contribution in [0.4, 0.5) is 26.2 Å². The van der Waals surface area contributed by atoms with Gasteiger partial charge in [-0.2, -0.15) is 0 Å². The lowest BCUT2D eigenvalue weighted by Gasteiger charge is -2.34. The minimum atomic E-state index is -0.619. The van der Waals surface area contributed by atoms with Crippen molar-refractivity contribution < 1.29 is 13.5 Å². The fourth-order valence-electron chi connectivity index (χ4n) is 6.11. The third-order valence-electron chi connectivity index (χ3n) is 8.61. The predicted octanol–water partition coefficient (Wildman–Crippen LogP) is 5.79. The van der Waals surface area contributed by atoms with Crippen molar-refractivity contribution in [3.8, 4) is 17.0 Å². The molecule has 0 unspecified atom stereocenters. The predicted molar refractivity (Wildman–Crippen MR) is 162 cm³/mol. The quantitative estimate of drug-likeness (QED) is 0.343. The molecule has 8 nitrogen and oxygen atoms in total. The Morgan fingerprint density at radius 1 is 1.00 bits per heavy atom. The van der Waals surface area contributed by atoms with Crippen molar-refractivity contribution in [2.75, 3.05) is 63.6 Å². The number of aromatic nitrogens is 3. The second-order valence-corrected chi connectivity index (χ2v) is 12.3. The van der Waals surface area contributed by atoms with Crippen LogP contribution in [0, 0.1) is 11.6 Å². The van der Waals surface area contributed by atoms with Crippen LogP contribution in [0.3, 0.4) is 0 Å². The smallest absolute Gasteiger partial charge is 0.229 e. The van der Waals surface area contributed by atoms with Crippen LogP contribution in [-0.4, -0.2) is 84.2 Å². The average molecular weight is 578 g/mol. The number of likely N-dealkylation sites (tertiary alicyclic amines) is 1. The molecule has 0 bridgehead atoms. The molecule has 2 aliphatic heterocycles. The topological polar surface area (TPSA) is 69.7 Å². The summed E-state index contributed by atoms with van der Waals surface area (Å²) in [6.45, 7) is 9.53. The van der Waals surface area contributed by atoms with Crippen LogP contribution in [0.15, 0.2) is 30.5 Å². The molecule has 4 heterocycles. The minimum Gasteiger partial charge on any atom is -0.486 e. The number of likely N-dealkylation sites (N-methyl/N-ethyl adjacent to an activating group) is 1. The summed E-state index contributed by atoms with van der Waals surface area (Å²) in [7, 11) is 4.24. The van der Waals surface area contributed by atoms with Gasteiger partial charge >= 0.3 is 0 Å². The van der Waals surface area contributed by atoms with E-state index in [-0.39, 0.29) is 23.4 Å². The summed E-state index contributed by atoms with van der Waals surface area (Å²) in [5.41, 5.74) is 3.50. The summed E-state index contributed by atoms with van der Waals surface area (Å²) in [6, 6.07) is 7.34. The second-order valence-electron chi connectivity index (χ2n) is 12.3. The van der Waals surface area contributed by atoms with Crippen molar-refractivity contribution in [1.82, 2.24) is 24.8 Å². The van der Waals surface area contributed by atoms with E-state index in [1.54, 1.807) is 6.07 Å². The van der Waals surface area contributed by atoms with Crippen LogP contribution in [0.25, 0.3) is 11.3 Å². The molecule has 0 atom stereocenters. The number of fused-ring (bicyclic) bond motifs is 1. The highest BCUT2D eigenvalue weighted by Crippen LogP contribution is 2.45. The number of nitrogens with one attached hydrogen (secondary N) is 1. The fraction of sp³-hybridized carbons (Fsp3) is 0.531. The summed E-state index contributed by atoms with van der Waals surface area (Å²) < 4.78 is 35.7. The molecule has 1 saturated carbocycles. The molecule has 10 heteroatoms. The molecule has 6 rings (SSSR count). The molecule has 2 fully saturated rings. The monoisotopic (exact) mass is 577 g/mol. The van der Waals surface area contributed by atoms with E-state index >= 15 is 8.78 Å². The van der Waals surface area contributed by atoms with Gasteiger partial charge in [-0.1, -0.05) is 6.07 Å². The van der Waals surface area contributed by atoms with Gasteiger partial charge in [-0.25, -0.2) is 23.7 Å². The molecule has 42 heavy (non-hydrogen) atoms.